The Balaban J connectivity index is 1.73. The molecular weight excluding hydrogens is 238 g/mol. The molecule has 0 unspecified atom stereocenters. The van der Waals surface area contributed by atoms with Gasteiger partial charge in [0.1, 0.15) is 5.94 Å². The van der Waals surface area contributed by atoms with Crippen molar-refractivity contribution < 1.29 is 13.2 Å². The van der Waals surface area contributed by atoms with Crippen LogP contribution in [0.15, 0.2) is 30.3 Å². The minimum atomic E-state index is -3.07. The molecule has 1 N–H and O–H groups in total. The zero-order valence-electron chi connectivity index (χ0n) is 9.63. The Morgan fingerprint density at radius 1 is 1.24 bits per heavy atom. The normalized spacial score (nSPS) is 16.7. The number of rotatable bonds is 6. The van der Waals surface area contributed by atoms with Crippen molar-refractivity contribution in [3.63, 3.8) is 0 Å². The molecule has 5 heteroatoms. The van der Waals surface area contributed by atoms with Gasteiger partial charge in [0.15, 0.2) is 9.84 Å². The first-order valence-electron chi connectivity index (χ1n) is 5.68. The predicted octanol–water partition coefficient (Wildman–Crippen LogP) is 0.795. The summed E-state index contributed by atoms with van der Waals surface area (Å²) in [4.78, 5) is 0. The van der Waals surface area contributed by atoms with Crippen molar-refractivity contribution in [1.82, 2.24) is 5.32 Å². The molecule has 0 amide bonds. The van der Waals surface area contributed by atoms with E-state index in [1.54, 1.807) is 0 Å². The van der Waals surface area contributed by atoms with E-state index in [1.165, 1.54) is 0 Å². The van der Waals surface area contributed by atoms with Crippen molar-refractivity contribution in [2.75, 3.05) is 24.8 Å². The fourth-order valence-corrected chi connectivity index (χ4v) is 3.12. The van der Waals surface area contributed by atoms with Crippen molar-refractivity contribution in [1.29, 1.82) is 0 Å². The molecule has 0 bridgehead atoms. The van der Waals surface area contributed by atoms with Gasteiger partial charge in [0.25, 0.3) is 0 Å². The van der Waals surface area contributed by atoms with Gasteiger partial charge in [-0.05, 0) is 11.5 Å². The lowest BCUT2D eigenvalue weighted by Gasteiger charge is -2.26. The van der Waals surface area contributed by atoms with Crippen LogP contribution >= 0.6 is 0 Å². The maximum atomic E-state index is 11.7. The summed E-state index contributed by atoms with van der Waals surface area (Å²) in [7, 11) is -3.07. The summed E-state index contributed by atoms with van der Waals surface area (Å²) in [6.07, 6.45) is 0. The summed E-state index contributed by atoms with van der Waals surface area (Å²) < 4.78 is 28.6. The summed E-state index contributed by atoms with van der Waals surface area (Å²) >= 11 is 0. The first kappa shape index (κ1) is 12.5. The van der Waals surface area contributed by atoms with Gasteiger partial charge in [-0.15, -0.1) is 0 Å². The molecule has 0 aromatic heterocycles. The van der Waals surface area contributed by atoms with E-state index >= 15 is 0 Å². The highest BCUT2D eigenvalue weighted by Crippen LogP contribution is 2.09. The summed E-state index contributed by atoms with van der Waals surface area (Å²) in [5.74, 6) is 0.313. The number of hydrogen-bond donors (Lipinski definition) is 1. The lowest BCUT2D eigenvalue weighted by molar-refractivity contribution is 0.162. The number of nitrogens with one attached hydrogen (secondary N) is 1. The summed E-state index contributed by atoms with van der Waals surface area (Å²) in [5.41, 5.74) is 0.994. The maximum Gasteiger partial charge on any atom is 0.174 e. The van der Waals surface area contributed by atoms with Gasteiger partial charge in [-0.2, -0.15) is 0 Å². The minimum absolute atomic E-state index is 0.182. The molecule has 17 heavy (non-hydrogen) atoms. The molecule has 94 valence electrons. The average Bonchev–Trinajstić information content (AvgIpc) is 2.25. The van der Waals surface area contributed by atoms with Crippen molar-refractivity contribution in [2.45, 2.75) is 6.61 Å². The zero-order valence-corrected chi connectivity index (χ0v) is 10.4. The molecule has 1 aliphatic heterocycles. The van der Waals surface area contributed by atoms with Crippen molar-refractivity contribution in [3.8, 4) is 0 Å². The average molecular weight is 255 g/mol. The van der Waals surface area contributed by atoms with Gasteiger partial charge in [-0.3, -0.25) is 0 Å². The topological polar surface area (TPSA) is 55.4 Å². The van der Waals surface area contributed by atoms with Crippen LogP contribution in [0.5, 0.6) is 0 Å². The molecule has 1 saturated heterocycles. The molecule has 4 nitrogen and oxygen atoms in total. The monoisotopic (exact) mass is 255 g/mol. The van der Waals surface area contributed by atoms with Crippen LogP contribution in [0, 0.1) is 5.92 Å². The Hall–Kier alpha value is -0.910. The van der Waals surface area contributed by atoms with Crippen LogP contribution in [-0.2, 0) is 21.2 Å². The van der Waals surface area contributed by atoms with Gasteiger partial charge in [-0.25, -0.2) is 8.42 Å². The van der Waals surface area contributed by atoms with Crippen LogP contribution < -0.4 is 5.32 Å². The second-order valence-electron chi connectivity index (χ2n) is 4.39. The smallest absolute Gasteiger partial charge is 0.174 e. The van der Waals surface area contributed by atoms with E-state index in [0.717, 1.165) is 18.7 Å². The van der Waals surface area contributed by atoms with E-state index in [4.69, 9.17) is 4.74 Å². The molecule has 0 spiro atoms. The van der Waals surface area contributed by atoms with E-state index in [9.17, 15) is 8.42 Å². The first-order chi connectivity index (χ1) is 8.16. The highest BCUT2D eigenvalue weighted by atomic mass is 32.2. The van der Waals surface area contributed by atoms with E-state index < -0.39 is 9.84 Å². The lowest BCUT2D eigenvalue weighted by Crippen LogP contribution is -2.45. The quantitative estimate of drug-likeness (QED) is 0.816. The summed E-state index contributed by atoms with van der Waals surface area (Å²) in [6, 6.07) is 9.58. The predicted molar refractivity (Wildman–Crippen MR) is 66.2 cm³/mol. The van der Waals surface area contributed by atoms with E-state index in [1.807, 2.05) is 30.3 Å². The number of hydrogen-bond acceptors (Lipinski definition) is 4. The Kier molecular flexibility index (Phi) is 4.15. The molecule has 1 aromatic rings. The molecule has 0 radical (unpaired) electrons. The van der Waals surface area contributed by atoms with E-state index in [-0.39, 0.29) is 17.6 Å². The third kappa shape index (κ3) is 4.11. The standard InChI is InChI=1S/C12H17NO3S/c14-17(15,9-12-6-13-7-12)10-16-8-11-4-2-1-3-5-11/h1-5,12-13H,6-10H2. The van der Waals surface area contributed by atoms with Crippen molar-refractivity contribution in [2.24, 2.45) is 5.92 Å². The molecule has 1 aromatic carbocycles. The highest BCUT2D eigenvalue weighted by Gasteiger charge is 2.24. The lowest BCUT2D eigenvalue weighted by atomic mass is 10.1. The van der Waals surface area contributed by atoms with Gasteiger partial charge < -0.3 is 10.1 Å². The number of sulfone groups is 1. The molecule has 1 fully saturated rings. The molecular formula is C12H17NO3S. The molecule has 0 saturated carbocycles. The van der Waals surface area contributed by atoms with Crippen LogP contribution in [0.2, 0.25) is 0 Å². The van der Waals surface area contributed by atoms with Crippen LogP contribution in [0.25, 0.3) is 0 Å². The summed E-state index contributed by atoms with van der Waals surface area (Å²) in [6.45, 7) is 1.96. The van der Waals surface area contributed by atoms with E-state index in [0.29, 0.717) is 6.61 Å². The van der Waals surface area contributed by atoms with Crippen molar-refractivity contribution >= 4 is 9.84 Å². The molecule has 1 aliphatic rings. The third-order valence-electron chi connectivity index (χ3n) is 2.73. The molecule has 2 rings (SSSR count). The number of benzene rings is 1. The fourth-order valence-electron chi connectivity index (χ4n) is 1.73. The SMILES string of the molecule is O=S(=O)(COCc1ccccc1)CC1CNC1. The Morgan fingerprint density at radius 3 is 2.53 bits per heavy atom. The fraction of sp³-hybridized carbons (Fsp3) is 0.500. The second-order valence-corrected chi connectivity index (χ2v) is 6.44. The highest BCUT2D eigenvalue weighted by molar-refractivity contribution is 7.91. The zero-order chi connectivity index (χ0) is 12.1. The van der Waals surface area contributed by atoms with E-state index in [2.05, 4.69) is 5.32 Å². The van der Waals surface area contributed by atoms with Crippen LogP contribution in [-0.4, -0.2) is 33.2 Å². The largest absolute Gasteiger partial charge is 0.361 e. The van der Waals surface area contributed by atoms with Gasteiger partial charge in [0.2, 0.25) is 0 Å². The maximum absolute atomic E-state index is 11.7. The van der Waals surface area contributed by atoms with Gasteiger partial charge in [-0.1, -0.05) is 30.3 Å². The Morgan fingerprint density at radius 2 is 1.94 bits per heavy atom. The Labute approximate surface area is 102 Å². The van der Waals surface area contributed by atoms with Gasteiger partial charge >= 0.3 is 0 Å². The van der Waals surface area contributed by atoms with Gasteiger partial charge in [0.05, 0.1) is 12.4 Å². The first-order valence-corrected chi connectivity index (χ1v) is 7.51. The Bertz CT molecular complexity index is 440. The van der Waals surface area contributed by atoms with Gasteiger partial charge in [0, 0.05) is 13.1 Å². The molecule has 0 atom stereocenters. The minimum Gasteiger partial charge on any atom is -0.361 e. The van der Waals surface area contributed by atoms with Crippen LogP contribution in [0.1, 0.15) is 5.56 Å². The van der Waals surface area contributed by atoms with Crippen LogP contribution in [0.3, 0.4) is 0 Å². The molecule has 1 heterocycles. The summed E-state index contributed by atoms with van der Waals surface area (Å²) in [5, 5.41) is 3.06. The second kappa shape index (κ2) is 5.62. The number of ether oxygens (including phenoxy) is 1. The molecule has 0 aliphatic carbocycles. The van der Waals surface area contributed by atoms with Crippen molar-refractivity contribution in [3.05, 3.63) is 35.9 Å². The third-order valence-corrected chi connectivity index (χ3v) is 4.24. The van der Waals surface area contributed by atoms with Crippen LogP contribution in [0.4, 0.5) is 0 Å².